The number of sulfonamides is 1. The molecular weight excluding hydrogens is 455 g/mol. The van der Waals surface area contributed by atoms with Crippen LogP contribution in [0.4, 0.5) is 10.1 Å². The Morgan fingerprint density at radius 3 is 2.47 bits per heavy atom. The summed E-state index contributed by atoms with van der Waals surface area (Å²) in [5, 5.41) is 0. The lowest BCUT2D eigenvalue weighted by molar-refractivity contribution is 0.0728. The summed E-state index contributed by atoms with van der Waals surface area (Å²) in [4.78, 5) is 15.3. The molecule has 0 bridgehead atoms. The van der Waals surface area contributed by atoms with Crippen LogP contribution in [0.2, 0.25) is 0 Å². The number of ether oxygens (including phenoxy) is 1. The van der Waals surface area contributed by atoms with Crippen molar-refractivity contribution < 1.29 is 22.3 Å². The van der Waals surface area contributed by atoms with Gasteiger partial charge in [-0.05, 0) is 67.3 Å². The van der Waals surface area contributed by atoms with Crippen LogP contribution in [-0.4, -0.2) is 39.4 Å². The van der Waals surface area contributed by atoms with Crippen molar-refractivity contribution in [2.45, 2.75) is 37.2 Å². The highest BCUT2D eigenvalue weighted by atomic mass is 32.2. The standard InChI is InChI=1S/C26H27FN2O4S/c1-18-11-14-22(34(31,32)28(2)24-9-4-5-10-25(24)33-3)16-23(18)26(30)29(21-12-13-21)17-19-7-6-8-20(27)15-19/h4-11,14-16,21H,12-13,17H2,1-3H3. The van der Waals surface area contributed by atoms with Gasteiger partial charge in [-0.25, -0.2) is 12.8 Å². The molecule has 0 atom stereocenters. The van der Waals surface area contributed by atoms with Crippen LogP contribution in [0.25, 0.3) is 0 Å². The molecule has 1 aliphatic rings. The highest BCUT2D eigenvalue weighted by Crippen LogP contribution is 2.33. The number of anilines is 1. The summed E-state index contributed by atoms with van der Waals surface area (Å²) in [6.45, 7) is 2.04. The molecule has 3 aromatic rings. The summed E-state index contributed by atoms with van der Waals surface area (Å²) in [5.41, 5.74) is 2.08. The molecule has 34 heavy (non-hydrogen) atoms. The summed E-state index contributed by atoms with van der Waals surface area (Å²) in [6.07, 6.45) is 1.74. The molecule has 1 fully saturated rings. The van der Waals surface area contributed by atoms with Crippen LogP contribution >= 0.6 is 0 Å². The predicted octanol–water partition coefficient (Wildman–Crippen LogP) is 4.77. The van der Waals surface area contributed by atoms with E-state index in [-0.39, 0.29) is 29.2 Å². The minimum atomic E-state index is -3.96. The molecule has 1 aliphatic carbocycles. The van der Waals surface area contributed by atoms with Crippen LogP contribution in [0.5, 0.6) is 5.75 Å². The summed E-state index contributed by atoms with van der Waals surface area (Å²) < 4.78 is 47.0. The first-order valence-electron chi connectivity index (χ1n) is 11.0. The van der Waals surface area contributed by atoms with E-state index in [2.05, 4.69) is 0 Å². The van der Waals surface area contributed by atoms with Gasteiger partial charge in [-0.15, -0.1) is 0 Å². The molecule has 1 saturated carbocycles. The first kappa shape index (κ1) is 23.8. The normalized spacial score (nSPS) is 13.4. The van der Waals surface area contributed by atoms with Crippen LogP contribution in [0, 0.1) is 12.7 Å². The first-order valence-corrected chi connectivity index (χ1v) is 12.4. The first-order chi connectivity index (χ1) is 16.2. The largest absolute Gasteiger partial charge is 0.495 e. The van der Waals surface area contributed by atoms with Crippen molar-refractivity contribution in [3.63, 3.8) is 0 Å². The fourth-order valence-corrected chi connectivity index (χ4v) is 5.14. The zero-order chi connectivity index (χ0) is 24.5. The third kappa shape index (κ3) is 4.77. The van der Waals surface area contributed by atoms with E-state index in [0.717, 1.165) is 17.1 Å². The van der Waals surface area contributed by atoms with Crippen molar-refractivity contribution in [2.24, 2.45) is 0 Å². The molecular formula is C26H27FN2O4S. The Bertz CT molecular complexity index is 1320. The van der Waals surface area contributed by atoms with Crippen LogP contribution in [0.15, 0.2) is 71.6 Å². The van der Waals surface area contributed by atoms with E-state index in [1.54, 1.807) is 54.3 Å². The van der Waals surface area contributed by atoms with E-state index in [1.165, 1.54) is 38.4 Å². The molecule has 0 heterocycles. The number of carbonyl (C=O) groups is 1. The molecule has 0 spiro atoms. The Morgan fingerprint density at radius 2 is 1.79 bits per heavy atom. The highest BCUT2D eigenvalue weighted by Gasteiger charge is 2.34. The fraction of sp³-hybridized carbons (Fsp3) is 0.269. The third-order valence-electron chi connectivity index (χ3n) is 6.01. The maximum atomic E-state index is 13.7. The van der Waals surface area contributed by atoms with Gasteiger partial charge in [-0.2, -0.15) is 0 Å². The van der Waals surface area contributed by atoms with Crippen molar-refractivity contribution in [3.8, 4) is 5.75 Å². The van der Waals surface area contributed by atoms with Gasteiger partial charge in [0.1, 0.15) is 11.6 Å². The minimum Gasteiger partial charge on any atom is -0.495 e. The average Bonchev–Trinajstić information content (AvgIpc) is 3.67. The second-order valence-corrected chi connectivity index (χ2v) is 10.4. The van der Waals surface area contributed by atoms with E-state index in [9.17, 15) is 17.6 Å². The van der Waals surface area contributed by atoms with Gasteiger partial charge in [-0.1, -0.05) is 30.3 Å². The number of benzene rings is 3. The number of hydrogen-bond donors (Lipinski definition) is 0. The van der Waals surface area contributed by atoms with Gasteiger partial charge >= 0.3 is 0 Å². The van der Waals surface area contributed by atoms with E-state index < -0.39 is 10.0 Å². The van der Waals surface area contributed by atoms with Crippen LogP contribution < -0.4 is 9.04 Å². The number of hydrogen-bond acceptors (Lipinski definition) is 4. The number of para-hydroxylation sites is 2. The molecule has 0 aliphatic heterocycles. The number of halogens is 1. The number of rotatable bonds is 8. The van der Waals surface area contributed by atoms with E-state index in [0.29, 0.717) is 28.1 Å². The quantitative estimate of drug-likeness (QED) is 0.464. The lowest BCUT2D eigenvalue weighted by Gasteiger charge is -2.25. The Balaban J connectivity index is 1.67. The SMILES string of the molecule is COc1ccccc1N(C)S(=O)(=O)c1ccc(C)c(C(=O)N(Cc2cccc(F)c2)C2CC2)c1. The van der Waals surface area contributed by atoms with Crippen molar-refractivity contribution in [1.82, 2.24) is 4.90 Å². The summed E-state index contributed by atoms with van der Waals surface area (Å²) >= 11 is 0. The summed E-state index contributed by atoms with van der Waals surface area (Å²) in [7, 11) is -1.03. The van der Waals surface area contributed by atoms with E-state index in [1.807, 2.05) is 0 Å². The molecule has 0 unspecified atom stereocenters. The number of amides is 1. The monoisotopic (exact) mass is 482 g/mol. The van der Waals surface area contributed by atoms with Crippen molar-refractivity contribution >= 4 is 21.6 Å². The van der Waals surface area contributed by atoms with E-state index in [4.69, 9.17) is 4.74 Å². The van der Waals surface area contributed by atoms with E-state index >= 15 is 0 Å². The number of nitrogens with zero attached hydrogens (tertiary/aromatic N) is 2. The molecule has 0 aromatic heterocycles. The zero-order valence-corrected chi connectivity index (χ0v) is 20.2. The Morgan fingerprint density at radius 1 is 1.06 bits per heavy atom. The maximum absolute atomic E-state index is 13.7. The van der Waals surface area contributed by atoms with Crippen LogP contribution in [-0.2, 0) is 16.6 Å². The fourth-order valence-electron chi connectivity index (χ4n) is 3.91. The van der Waals surface area contributed by atoms with Crippen molar-refractivity contribution in [2.75, 3.05) is 18.5 Å². The smallest absolute Gasteiger partial charge is 0.264 e. The predicted molar refractivity (Wildman–Crippen MR) is 129 cm³/mol. The number of carbonyl (C=O) groups excluding carboxylic acids is 1. The number of methoxy groups -OCH3 is 1. The van der Waals surface area contributed by atoms with Gasteiger partial charge in [0, 0.05) is 25.2 Å². The van der Waals surface area contributed by atoms with Crippen LogP contribution in [0.1, 0.15) is 34.3 Å². The second kappa shape index (κ2) is 9.46. The molecule has 8 heteroatoms. The second-order valence-electron chi connectivity index (χ2n) is 8.42. The molecule has 4 rings (SSSR count). The highest BCUT2D eigenvalue weighted by molar-refractivity contribution is 7.92. The average molecular weight is 483 g/mol. The van der Waals surface area contributed by atoms with Gasteiger partial charge in [-0.3, -0.25) is 9.10 Å². The number of aryl methyl sites for hydroxylation is 1. The van der Waals surface area contributed by atoms with Gasteiger partial charge in [0.25, 0.3) is 15.9 Å². The summed E-state index contributed by atoms with van der Waals surface area (Å²) in [5.74, 6) is -0.197. The maximum Gasteiger partial charge on any atom is 0.264 e. The van der Waals surface area contributed by atoms with Crippen molar-refractivity contribution in [1.29, 1.82) is 0 Å². The van der Waals surface area contributed by atoms with Crippen LogP contribution in [0.3, 0.4) is 0 Å². The lowest BCUT2D eigenvalue weighted by Crippen LogP contribution is -2.33. The van der Waals surface area contributed by atoms with Gasteiger partial charge in [0.15, 0.2) is 0 Å². The molecule has 0 radical (unpaired) electrons. The lowest BCUT2D eigenvalue weighted by atomic mass is 10.1. The molecule has 178 valence electrons. The van der Waals surface area contributed by atoms with Gasteiger partial charge < -0.3 is 9.64 Å². The van der Waals surface area contributed by atoms with Gasteiger partial charge in [0.2, 0.25) is 0 Å². The zero-order valence-electron chi connectivity index (χ0n) is 19.4. The van der Waals surface area contributed by atoms with Crippen molar-refractivity contribution in [3.05, 3.63) is 89.2 Å². The summed E-state index contributed by atoms with van der Waals surface area (Å²) in [6, 6.07) is 17.6. The Labute approximate surface area is 199 Å². The molecule has 1 amide bonds. The Hall–Kier alpha value is -3.39. The van der Waals surface area contributed by atoms with Gasteiger partial charge in [0.05, 0.1) is 17.7 Å². The topological polar surface area (TPSA) is 66.9 Å². The molecule has 3 aromatic carbocycles. The molecule has 6 nitrogen and oxygen atoms in total. The molecule has 0 N–H and O–H groups in total. The minimum absolute atomic E-state index is 0.0105. The third-order valence-corrected chi connectivity index (χ3v) is 7.78. The Kier molecular flexibility index (Phi) is 6.61. The molecule has 0 saturated heterocycles.